The van der Waals surface area contributed by atoms with Gasteiger partial charge in [-0.15, -0.1) is 0 Å². The van der Waals surface area contributed by atoms with E-state index in [1.807, 2.05) is 8.95 Å². The van der Waals surface area contributed by atoms with Gasteiger partial charge in [-0.2, -0.15) is 0 Å². The number of benzene rings is 3. The molecule has 0 fully saturated rings. The van der Waals surface area contributed by atoms with E-state index in [-0.39, 0.29) is 0 Å². The molecule has 4 aromatic rings. The van der Waals surface area contributed by atoms with Crippen molar-refractivity contribution in [2.75, 3.05) is 5.73 Å². The molecule has 0 bridgehead atoms. The molecular formula is C21H18N2S2Sn. The van der Waals surface area contributed by atoms with Gasteiger partial charge in [0.1, 0.15) is 0 Å². The molecule has 0 spiro atoms. The first-order valence-electron chi connectivity index (χ1n) is 8.36. The van der Waals surface area contributed by atoms with E-state index in [1.54, 1.807) is 17.5 Å². The summed E-state index contributed by atoms with van der Waals surface area (Å²) >= 11 is -1.76. The molecule has 0 radical (unpaired) electrons. The molecule has 3 aromatic carbocycles. The van der Waals surface area contributed by atoms with Crippen molar-refractivity contribution in [3.8, 4) is 0 Å². The van der Waals surface area contributed by atoms with Gasteiger partial charge < -0.3 is 0 Å². The molecule has 0 unspecified atom stereocenters. The Morgan fingerprint density at radius 3 is 1.46 bits per heavy atom. The minimum atomic E-state index is -3.34. The average Bonchev–Trinajstić information content (AvgIpc) is 3.13. The first-order valence-corrected chi connectivity index (χ1v) is 17.8. The van der Waals surface area contributed by atoms with Gasteiger partial charge in [0, 0.05) is 0 Å². The van der Waals surface area contributed by atoms with Gasteiger partial charge in [0.05, 0.1) is 0 Å². The third kappa shape index (κ3) is 3.41. The zero-order chi connectivity index (χ0) is 17.8. The maximum atomic E-state index is 5.98. The summed E-state index contributed by atoms with van der Waals surface area (Å²) < 4.78 is 5.34. The molecule has 2 N–H and O–H groups in total. The standard InChI is InChI=1S/3C6H5.C3H4N2S2.Sn/c3*1-2-4-6-5-3-1;4-2-1-5-3(6)7-2;/h3*1-5H;1H,4H2,(H,5,6);/q;;;;+1/p-1. The molecule has 5 heteroatoms. The monoisotopic (exact) mass is 482 g/mol. The normalized spacial score (nSPS) is 11.4. The molecule has 0 aliphatic heterocycles. The minimum absolute atomic E-state index is 0.766. The first-order chi connectivity index (χ1) is 12.8. The molecule has 26 heavy (non-hydrogen) atoms. The summed E-state index contributed by atoms with van der Waals surface area (Å²) in [7, 11) is 1.95. The molecule has 0 amide bonds. The maximum absolute atomic E-state index is 5.98. The Balaban J connectivity index is 2.00. The van der Waals surface area contributed by atoms with Crippen molar-refractivity contribution in [3.63, 3.8) is 0 Å². The Bertz CT molecular complexity index is 876. The van der Waals surface area contributed by atoms with Gasteiger partial charge in [0.25, 0.3) is 0 Å². The van der Waals surface area contributed by atoms with E-state index >= 15 is 0 Å². The summed E-state index contributed by atoms with van der Waals surface area (Å²) in [5, 5.41) is 0.766. The number of nitrogens with zero attached hydrogens (tertiary/aromatic N) is 1. The Morgan fingerprint density at radius 2 is 1.12 bits per heavy atom. The Labute approximate surface area is 164 Å². The van der Waals surface area contributed by atoms with Gasteiger partial charge in [-0.05, 0) is 0 Å². The number of aromatic nitrogens is 1. The van der Waals surface area contributed by atoms with Crippen LogP contribution in [-0.2, 0) is 0 Å². The van der Waals surface area contributed by atoms with Crippen LogP contribution < -0.4 is 16.5 Å². The van der Waals surface area contributed by atoms with Crippen LogP contribution in [-0.4, -0.2) is 22.0 Å². The third-order valence-corrected chi connectivity index (χ3v) is 26.1. The van der Waals surface area contributed by atoms with Gasteiger partial charge in [0.2, 0.25) is 0 Å². The molecule has 1 aromatic heterocycles. The second kappa shape index (κ2) is 7.86. The molecule has 0 atom stereocenters. The molecule has 0 aliphatic carbocycles. The van der Waals surface area contributed by atoms with Crippen LogP contribution in [0.5, 0.6) is 0 Å². The van der Waals surface area contributed by atoms with Crippen LogP contribution in [0.1, 0.15) is 0 Å². The second-order valence-corrected chi connectivity index (χ2v) is 22.5. The van der Waals surface area contributed by atoms with Crippen LogP contribution in [0, 0.1) is 0 Å². The number of rotatable bonds is 5. The summed E-state index contributed by atoms with van der Waals surface area (Å²) in [6.45, 7) is 0. The quantitative estimate of drug-likeness (QED) is 0.444. The summed E-state index contributed by atoms with van der Waals surface area (Å²) in [6, 6.07) is 32.8. The average molecular weight is 481 g/mol. The predicted octanol–water partition coefficient (Wildman–Crippen LogP) is 3.48. The van der Waals surface area contributed by atoms with Crippen molar-refractivity contribution in [1.29, 1.82) is 0 Å². The molecule has 1 heterocycles. The van der Waals surface area contributed by atoms with Gasteiger partial charge in [-0.3, -0.25) is 0 Å². The number of hydrogen-bond donors (Lipinski definition) is 1. The number of nitrogen functional groups attached to an aromatic ring is 1. The van der Waals surface area contributed by atoms with E-state index < -0.39 is 17.0 Å². The molecule has 0 saturated carbocycles. The van der Waals surface area contributed by atoms with Crippen LogP contribution >= 0.6 is 20.3 Å². The predicted molar refractivity (Wildman–Crippen MR) is 116 cm³/mol. The Kier molecular flexibility index (Phi) is 5.33. The second-order valence-electron chi connectivity index (χ2n) is 5.91. The van der Waals surface area contributed by atoms with Gasteiger partial charge in [-0.25, -0.2) is 0 Å². The van der Waals surface area contributed by atoms with Crippen LogP contribution in [0.2, 0.25) is 0 Å². The summed E-state index contributed by atoms with van der Waals surface area (Å²) in [5.41, 5.74) is 5.98. The third-order valence-electron chi connectivity index (χ3n) is 4.28. The fourth-order valence-corrected chi connectivity index (χ4v) is 25.3. The number of hydrogen-bond acceptors (Lipinski definition) is 4. The number of nitrogens with two attached hydrogens (primary N) is 1. The van der Waals surface area contributed by atoms with Crippen LogP contribution in [0.3, 0.4) is 0 Å². The molecule has 128 valence electrons. The first kappa shape index (κ1) is 17.6. The van der Waals surface area contributed by atoms with E-state index in [1.165, 1.54) is 10.7 Å². The summed E-state index contributed by atoms with van der Waals surface area (Å²) in [5.74, 6) is 0. The van der Waals surface area contributed by atoms with Crippen LogP contribution in [0.15, 0.2) is 102 Å². The Morgan fingerprint density at radius 1 is 0.692 bits per heavy atom. The molecule has 4 rings (SSSR count). The van der Waals surface area contributed by atoms with Crippen molar-refractivity contribution >= 4 is 53.0 Å². The fraction of sp³-hybridized carbons (Fsp3) is 0. The van der Waals surface area contributed by atoms with Crippen LogP contribution in [0.25, 0.3) is 0 Å². The summed E-state index contributed by atoms with van der Waals surface area (Å²) in [6.07, 6.45) is 1.77. The molecule has 2 nitrogen and oxygen atoms in total. The Hall–Kier alpha value is -1.76. The van der Waals surface area contributed by atoms with Crippen molar-refractivity contribution in [1.82, 2.24) is 4.98 Å². The SMILES string of the molecule is Nc1cnc([S][Sn]([c]2ccccc2)([c]2ccccc2)[c]2ccccc2)s1. The van der Waals surface area contributed by atoms with E-state index in [4.69, 9.17) is 5.73 Å². The fourth-order valence-electron chi connectivity index (χ4n) is 3.14. The molecule has 0 saturated heterocycles. The van der Waals surface area contributed by atoms with Crippen molar-refractivity contribution in [2.45, 2.75) is 4.34 Å². The zero-order valence-corrected chi connectivity index (χ0v) is 18.6. The van der Waals surface area contributed by atoms with Crippen molar-refractivity contribution in [3.05, 3.63) is 97.2 Å². The van der Waals surface area contributed by atoms with Gasteiger partial charge in [-0.1, -0.05) is 0 Å². The van der Waals surface area contributed by atoms with E-state index in [2.05, 4.69) is 96.0 Å². The number of thiazole rings is 1. The van der Waals surface area contributed by atoms with Crippen LogP contribution in [0.4, 0.5) is 5.00 Å². The van der Waals surface area contributed by atoms with Crippen molar-refractivity contribution in [2.24, 2.45) is 0 Å². The van der Waals surface area contributed by atoms with E-state index in [9.17, 15) is 0 Å². The van der Waals surface area contributed by atoms with E-state index in [0.717, 1.165) is 9.34 Å². The van der Waals surface area contributed by atoms with Gasteiger partial charge in [0.15, 0.2) is 0 Å². The van der Waals surface area contributed by atoms with Crippen molar-refractivity contribution < 1.29 is 0 Å². The topological polar surface area (TPSA) is 38.9 Å². The number of anilines is 1. The van der Waals surface area contributed by atoms with E-state index in [0.29, 0.717) is 0 Å². The zero-order valence-electron chi connectivity index (χ0n) is 14.1. The molecular weight excluding hydrogens is 463 g/mol. The van der Waals surface area contributed by atoms with Gasteiger partial charge >= 0.3 is 165 Å². The molecule has 0 aliphatic rings. The summed E-state index contributed by atoms with van der Waals surface area (Å²) in [4.78, 5) is 4.59.